The van der Waals surface area contributed by atoms with Crippen LogP contribution in [0.4, 0.5) is 0 Å². The minimum atomic E-state index is 0.785. The monoisotopic (exact) mass is 348 g/mol. The number of nitrogens with one attached hydrogen (secondary N) is 1. The fourth-order valence-electron chi connectivity index (χ4n) is 4.08. The highest BCUT2D eigenvalue weighted by Gasteiger charge is 2.35. The van der Waals surface area contributed by atoms with Gasteiger partial charge in [-0.2, -0.15) is 0 Å². The lowest BCUT2D eigenvalue weighted by Crippen LogP contribution is -2.21. The van der Waals surface area contributed by atoms with Crippen molar-refractivity contribution in [2.75, 3.05) is 13.1 Å². The van der Waals surface area contributed by atoms with Crippen molar-refractivity contribution in [1.29, 1.82) is 0 Å². The van der Waals surface area contributed by atoms with Crippen molar-refractivity contribution in [3.8, 4) is 0 Å². The Labute approximate surface area is 136 Å². The van der Waals surface area contributed by atoms with E-state index in [9.17, 15) is 0 Å². The number of likely N-dealkylation sites (tertiary alicyclic amines) is 1. The molecule has 2 atom stereocenters. The van der Waals surface area contributed by atoms with Gasteiger partial charge in [0, 0.05) is 36.7 Å². The molecular formula is C18H25BrN2. The van der Waals surface area contributed by atoms with Crippen LogP contribution >= 0.6 is 15.9 Å². The second kappa shape index (κ2) is 6.02. The van der Waals surface area contributed by atoms with E-state index >= 15 is 0 Å². The number of rotatable bonds is 5. The predicted octanol–water partition coefficient (Wildman–Crippen LogP) is 3.93. The molecule has 21 heavy (non-hydrogen) atoms. The first-order valence-electron chi connectivity index (χ1n) is 8.51. The lowest BCUT2D eigenvalue weighted by molar-refractivity contribution is 0.303. The molecule has 1 N–H and O–H groups in total. The molecule has 4 rings (SSSR count). The van der Waals surface area contributed by atoms with Crippen LogP contribution in [0, 0.1) is 11.8 Å². The van der Waals surface area contributed by atoms with E-state index in [0.29, 0.717) is 0 Å². The van der Waals surface area contributed by atoms with E-state index in [2.05, 4.69) is 44.3 Å². The average Bonchev–Trinajstić information content (AvgIpc) is 3.07. The van der Waals surface area contributed by atoms with Gasteiger partial charge in [0.15, 0.2) is 0 Å². The molecule has 2 unspecified atom stereocenters. The van der Waals surface area contributed by atoms with E-state index in [1.54, 1.807) is 0 Å². The van der Waals surface area contributed by atoms with Crippen LogP contribution in [-0.2, 0) is 13.1 Å². The summed E-state index contributed by atoms with van der Waals surface area (Å²) in [5, 5.41) is 3.59. The number of hydrogen-bond acceptors (Lipinski definition) is 2. The van der Waals surface area contributed by atoms with Gasteiger partial charge in [0.1, 0.15) is 0 Å². The zero-order valence-corrected chi connectivity index (χ0v) is 14.2. The second-order valence-corrected chi connectivity index (χ2v) is 8.08. The van der Waals surface area contributed by atoms with E-state index in [4.69, 9.17) is 0 Å². The zero-order chi connectivity index (χ0) is 14.2. The van der Waals surface area contributed by atoms with Crippen LogP contribution < -0.4 is 5.32 Å². The van der Waals surface area contributed by atoms with Gasteiger partial charge >= 0.3 is 0 Å². The van der Waals surface area contributed by atoms with Crippen LogP contribution in [0.2, 0.25) is 0 Å². The first-order chi connectivity index (χ1) is 10.3. The summed E-state index contributed by atoms with van der Waals surface area (Å²) in [7, 11) is 0. The number of halogens is 1. The van der Waals surface area contributed by atoms with E-state index in [-0.39, 0.29) is 0 Å². The Bertz CT molecular complexity index is 500. The Kier molecular flexibility index (Phi) is 4.08. The molecule has 1 aromatic carbocycles. The molecule has 0 bridgehead atoms. The van der Waals surface area contributed by atoms with Gasteiger partial charge in [-0.25, -0.2) is 0 Å². The minimum Gasteiger partial charge on any atom is -0.310 e. The van der Waals surface area contributed by atoms with Crippen molar-refractivity contribution < 1.29 is 0 Å². The molecule has 2 nitrogen and oxygen atoms in total. The largest absolute Gasteiger partial charge is 0.310 e. The van der Waals surface area contributed by atoms with Crippen molar-refractivity contribution >= 4 is 15.9 Å². The van der Waals surface area contributed by atoms with Gasteiger partial charge in [-0.15, -0.1) is 0 Å². The third kappa shape index (κ3) is 3.35. The van der Waals surface area contributed by atoms with E-state index in [1.165, 1.54) is 60.8 Å². The molecule has 0 spiro atoms. The molecule has 2 aliphatic carbocycles. The van der Waals surface area contributed by atoms with E-state index in [1.807, 2.05) is 0 Å². The SMILES string of the molecule is Brc1cc(CNC2CC2)ccc1CN1CC2CCCC2C1. The van der Waals surface area contributed by atoms with Crippen molar-refractivity contribution in [2.45, 2.75) is 51.2 Å². The molecule has 0 radical (unpaired) electrons. The fourth-order valence-corrected chi connectivity index (χ4v) is 4.63. The molecule has 0 aromatic heterocycles. The highest BCUT2D eigenvalue weighted by molar-refractivity contribution is 9.10. The molecule has 3 heteroatoms. The van der Waals surface area contributed by atoms with Crippen LogP contribution in [-0.4, -0.2) is 24.0 Å². The lowest BCUT2D eigenvalue weighted by Gasteiger charge is -2.18. The number of fused-ring (bicyclic) bond motifs is 1. The first kappa shape index (κ1) is 14.2. The topological polar surface area (TPSA) is 15.3 Å². The van der Waals surface area contributed by atoms with Gasteiger partial charge in [-0.05, 0) is 54.7 Å². The number of benzene rings is 1. The summed E-state index contributed by atoms with van der Waals surface area (Å²) in [6.07, 6.45) is 7.12. The Balaban J connectivity index is 1.36. The van der Waals surface area contributed by atoms with Crippen molar-refractivity contribution in [2.24, 2.45) is 11.8 Å². The summed E-state index contributed by atoms with van der Waals surface area (Å²) in [5.74, 6) is 1.98. The molecule has 1 aliphatic heterocycles. The summed E-state index contributed by atoms with van der Waals surface area (Å²) < 4.78 is 1.29. The van der Waals surface area contributed by atoms with Crippen LogP contribution in [0.3, 0.4) is 0 Å². The summed E-state index contributed by atoms with van der Waals surface area (Å²) in [5.41, 5.74) is 2.85. The lowest BCUT2D eigenvalue weighted by atomic mass is 10.0. The fraction of sp³-hybridized carbons (Fsp3) is 0.667. The summed E-state index contributed by atoms with van der Waals surface area (Å²) in [6, 6.07) is 7.71. The van der Waals surface area contributed by atoms with Gasteiger partial charge in [0.25, 0.3) is 0 Å². The van der Waals surface area contributed by atoms with Crippen molar-refractivity contribution in [1.82, 2.24) is 10.2 Å². The molecular weight excluding hydrogens is 324 g/mol. The maximum atomic E-state index is 3.78. The molecule has 3 aliphatic rings. The average molecular weight is 349 g/mol. The quantitative estimate of drug-likeness (QED) is 0.866. The molecule has 1 saturated heterocycles. The maximum Gasteiger partial charge on any atom is 0.0245 e. The molecule has 1 heterocycles. The predicted molar refractivity (Wildman–Crippen MR) is 90.1 cm³/mol. The maximum absolute atomic E-state index is 3.78. The highest BCUT2D eigenvalue weighted by Crippen LogP contribution is 2.38. The summed E-state index contributed by atoms with van der Waals surface area (Å²) in [6.45, 7) is 4.77. The standard InChI is InChI=1S/C18H25BrN2/c19-18-8-13(9-20-17-6-7-17)4-5-16(18)12-21-10-14-2-1-3-15(14)11-21/h4-5,8,14-15,17,20H,1-3,6-7,9-12H2. The Morgan fingerprint density at radius 1 is 1.10 bits per heavy atom. The van der Waals surface area contributed by atoms with Crippen molar-refractivity contribution in [3.63, 3.8) is 0 Å². The van der Waals surface area contributed by atoms with Crippen LogP contribution in [0.5, 0.6) is 0 Å². The third-order valence-corrected chi connectivity index (χ3v) is 6.22. The van der Waals surface area contributed by atoms with Gasteiger partial charge in [0.05, 0.1) is 0 Å². The smallest absolute Gasteiger partial charge is 0.0245 e. The Morgan fingerprint density at radius 3 is 2.52 bits per heavy atom. The zero-order valence-electron chi connectivity index (χ0n) is 12.7. The summed E-state index contributed by atoms with van der Waals surface area (Å²) in [4.78, 5) is 2.66. The van der Waals surface area contributed by atoms with Crippen LogP contribution in [0.1, 0.15) is 43.2 Å². The first-order valence-corrected chi connectivity index (χ1v) is 9.30. The van der Waals surface area contributed by atoms with E-state index < -0.39 is 0 Å². The molecule has 3 fully saturated rings. The highest BCUT2D eigenvalue weighted by atomic mass is 79.9. The van der Waals surface area contributed by atoms with Crippen LogP contribution in [0.15, 0.2) is 22.7 Å². The normalized spacial score (nSPS) is 29.0. The molecule has 2 saturated carbocycles. The van der Waals surface area contributed by atoms with Crippen molar-refractivity contribution in [3.05, 3.63) is 33.8 Å². The van der Waals surface area contributed by atoms with Gasteiger partial charge in [-0.1, -0.05) is 34.5 Å². The van der Waals surface area contributed by atoms with Gasteiger partial charge < -0.3 is 5.32 Å². The van der Waals surface area contributed by atoms with Gasteiger partial charge in [-0.3, -0.25) is 4.90 Å². The third-order valence-electron chi connectivity index (χ3n) is 5.49. The summed E-state index contributed by atoms with van der Waals surface area (Å²) >= 11 is 3.78. The molecule has 1 aromatic rings. The van der Waals surface area contributed by atoms with Crippen LogP contribution in [0.25, 0.3) is 0 Å². The Morgan fingerprint density at radius 2 is 1.86 bits per heavy atom. The molecule has 0 amide bonds. The Hall–Kier alpha value is -0.380. The van der Waals surface area contributed by atoms with E-state index in [0.717, 1.165) is 31.0 Å². The minimum absolute atomic E-state index is 0.785. The molecule has 114 valence electrons. The number of hydrogen-bond donors (Lipinski definition) is 1. The second-order valence-electron chi connectivity index (χ2n) is 7.23. The number of nitrogens with zero attached hydrogens (tertiary/aromatic N) is 1. The van der Waals surface area contributed by atoms with Gasteiger partial charge in [0.2, 0.25) is 0 Å².